The van der Waals surface area contributed by atoms with E-state index in [1.165, 1.54) is 28.6 Å². The summed E-state index contributed by atoms with van der Waals surface area (Å²) in [6.45, 7) is 0. The van der Waals surface area contributed by atoms with Crippen molar-refractivity contribution in [3.8, 4) is 11.4 Å². The third kappa shape index (κ3) is 3.11. The van der Waals surface area contributed by atoms with Gasteiger partial charge >= 0.3 is 5.63 Å². The highest BCUT2D eigenvalue weighted by atomic mass is 32.2. The van der Waals surface area contributed by atoms with Gasteiger partial charge in [-0.25, -0.2) is 13.9 Å². The van der Waals surface area contributed by atoms with E-state index in [1.807, 2.05) is 30.3 Å². The number of nitrogen functional groups attached to an aromatic ring is 1. The minimum Gasteiger partial charge on any atom is -0.423 e. The van der Waals surface area contributed by atoms with Crippen LogP contribution in [-0.2, 0) is 5.75 Å². The molecule has 6 nitrogen and oxygen atoms in total. The van der Waals surface area contributed by atoms with Crippen LogP contribution < -0.4 is 11.5 Å². The molecule has 0 aliphatic rings. The van der Waals surface area contributed by atoms with Crippen LogP contribution in [0.15, 0.2) is 81.1 Å². The maximum absolute atomic E-state index is 14.1. The molecule has 5 rings (SSSR count). The third-order valence-electron chi connectivity index (χ3n) is 4.85. The van der Waals surface area contributed by atoms with E-state index < -0.39 is 11.4 Å². The number of nitrogens with two attached hydrogens (primary N) is 1. The monoisotopic (exact) mass is 418 g/mol. The van der Waals surface area contributed by atoms with Gasteiger partial charge in [-0.2, -0.15) is 0 Å². The van der Waals surface area contributed by atoms with Gasteiger partial charge < -0.3 is 10.3 Å². The van der Waals surface area contributed by atoms with Crippen molar-refractivity contribution in [1.29, 1.82) is 0 Å². The lowest BCUT2D eigenvalue weighted by Crippen LogP contribution is -2.12. The zero-order valence-corrected chi connectivity index (χ0v) is 16.4. The molecule has 2 aromatic heterocycles. The molecule has 0 aliphatic heterocycles. The van der Waals surface area contributed by atoms with Crippen LogP contribution in [0.25, 0.3) is 33.1 Å². The van der Waals surface area contributed by atoms with Gasteiger partial charge in [-0.1, -0.05) is 54.2 Å². The molecule has 148 valence electrons. The second-order valence-corrected chi connectivity index (χ2v) is 7.64. The molecule has 0 aliphatic carbocycles. The molecule has 0 fully saturated rings. The number of nitrogens with zero attached hydrogens (tertiary/aromatic N) is 3. The Labute approximate surface area is 174 Å². The molecule has 0 saturated carbocycles. The first-order chi connectivity index (χ1) is 14.6. The molecule has 0 radical (unpaired) electrons. The van der Waals surface area contributed by atoms with E-state index in [9.17, 15) is 9.18 Å². The van der Waals surface area contributed by atoms with Crippen molar-refractivity contribution in [1.82, 2.24) is 14.9 Å². The summed E-state index contributed by atoms with van der Waals surface area (Å²) in [4.78, 5) is 12.1. The van der Waals surface area contributed by atoms with E-state index in [1.54, 1.807) is 24.3 Å². The number of hydrogen-bond acceptors (Lipinski definition) is 6. The Hall–Kier alpha value is -3.65. The predicted molar refractivity (Wildman–Crippen MR) is 115 cm³/mol. The van der Waals surface area contributed by atoms with Crippen molar-refractivity contribution in [3.63, 3.8) is 0 Å². The van der Waals surface area contributed by atoms with Crippen LogP contribution >= 0.6 is 11.8 Å². The number of halogens is 1. The zero-order chi connectivity index (χ0) is 20.7. The summed E-state index contributed by atoms with van der Waals surface area (Å²) in [5.41, 5.74) is 1.18. The van der Waals surface area contributed by atoms with Gasteiger partial charge in [-0.15, -0.1) is 10.2 Å². The van der Waals surface area contributed by atoms with E-state index in [4.69, 9.17) is 10.3 Å². The molecule has 0 spiro atoms. The quantitative estimate of drug-likeness (QED) is 0.202. The van der Waals surface area contributed by atoms with Gasteiger partial charge in [0.2, 0.25) is 5.16 Å². The Kier molecular flexibility index (Phi) is 4.48. The summed E-state index contributed by atoms with van der Waals surface area (Å²) in [6.07, 6.45) is 0. The zero-order valence-electron chi connectivity index (χ0n) is 15.6. The van der Waals surface area contributed by atoms with Gasteiger partial charge in [0.05, 0.1) is 5.56 Å². The number of hydrogen-bond donors (Lipinski definition) is 1. The summed E-state index contributed by atoms with van der Waals surface area (Å²) in [7, 11) is 0. The summed E-state index contributed by atoms with van der Waals surface area (Å²) < 4.78 is 20.7. The highest BCUT2D eigenvalue weighted by Crippen LogP contribution is 2.31. The number of benzene rings is 3. The van der Waals surface area contributed by atoms with Crippen LogP contribution in [0.4, 0.5) is 4.39 Å². The fourth-order valence-electron chi connectivity index (χ4n) is 3.48. The molecule has 5 aromatic rings. The van der Waals surface area contributed by atoms with Crippen LogP contribution in [0, 0.1) is 5.82 Å². The molecule has 8 heteroatoms. The summed E-state index contributed by atoms with van der Waals surface area (Å²) in [6, 6.07) is 19.4. The van der Waals surface area contributed by atoms with E-state index in [-0.39, 0.29) is 11.4 Å². The smallest absolute Gasteiger partial charge is 0.336 e. The van der Waals surface area contributed by atoms with Crippen molar-refractivity contribution in [2.24, 2.45) is 0 Å². The molecule has 0 bridgehead atoms. The Morgan fingerprint density at radius 1 is 1.03 bits per heavy atom. The van der Waals surface area contributed by atoms with Crippen molar-refractivity contribution in [2.75, 3.05) is 5.84 Å². The van der Waals surface area contributed by atoms with Gasteiger partial charge in [0.15, 0.2) is 5.82 Å². The standard InChI is InChI=1S/C22H15FN4O2S/c23-17-8-4-3-7-16(17)21-25-26-22(27(21)24)30-12-14-11-19(28)29-18-10-9-13-5-1-2-6-15(13)20(14)18/h1-11H,12,24H2. The van der Waals surface area contributed by atoms with Crippen LogP contribution in [0.5, 0.6) is 0 Å². The van der Waals surface area contributed by atoms with Crippen molar-refractivity contribution in [3.05, 3.63) is 88.5 Å². The van der Waals surface area contributed by atoms with Crippen LogP contribution in [0.1, 0.15) is 5.56 Å². The average molecular weight is 418 g/mol. The van der Waals surface area contributed by atoms with E-state index in [0.29, 0.717) is 16.5 Å². The Balaban J connectivity index is 1.54. The first-order valence-electron chi connectivity index (χ1n) is 9.14. The van der Waals surface area contributed by atoms with Crippen molar-refractivity contribution >= 4 is 33.5 Å². The van der Waals surface area contributed by atoms with Crippen LogP contribution in [0.2, 0.25) is 0 Å². The first-order valence-corrected chi connectivity index (χ1v) is 10.1. The summed E-state index contributed by atoms with van der Waals surface area (Å²) in [5, 5.41) is 11.5. The van der Waals surface area contributed by atoms with Gasteiger partial charge in [0, 0.05) is 17.2 Å². The second kappa shape index (κ2) is 7.31. The minimum absolute atomic E-state index is 0.235. The largest absolute Gasteiger partial charge is 0.423 e. The molecule has 2 heterocycles. The van der Waals surface area contributed by atoms with Crippen LogP contribution in [0.3, 0.4) is 0 Å². The molecule has 3 aromatic carbocycles. The van der Waals surface area contributed by atoms with E-state index in [2.05, 4.69) is 10.2 Å². The highest BCUT2D eigenvalue weighted by molar-refractivity contribution is 7.98. The first kappa shape index (κ1) is 18.4. The summed E-state index contributed by atoms with van der Waals surface area (Å²) >= 11 is 1.31. The van der Waals surface area contributed by atoms with E-state index >= 15 is 0 Å². The van der Waals surface area contributed by atoms with Crippen LogP contribution in [-0.4, -0.2) is 14.9 Å². The molecular formula is C22H15FN4O2S. The molecular weight excluding hydrogens is 403 g/mol. The lowest BCUT2D eigenvalue weighted by molar-refractivity contribution is 0.560. The molecule has 30 heavy (non-hydrogen) atoms. The second-order valence-electron chi connectivity index (χ2n) is 6.70. The Bertz CT molecular complexity index is 1460. The van der Waals surface area contributed by atoms with Gasteiger partial charge in [0.25, 0.3) is 0 Å². The fourth-order valence-corrected chi connectivity index (χ4v) is 4.31. The Morgan fingerprint density at radius 2 is 1.83 bits per heavy atom. The molecule has 0 atom stereocenters. The minimum atomic E-state index is -0.425. The predicted octanol–water partition coefficient (Wildman–Crippen LogP) is 4.35. The maximum Gasteiger partial charge on any atom is 0.336 e. The normalized spacial score (nSPS) is 11.4. The third-order valence-corrected chi connectivity index (χ3v) is 5.84. The lowest BCUT2D eigenvalue weighted by Gasteiger charge is -2.09. The fraction of sp³-hybridized carbons (Fsp3) is 0.0455. The molecule has 0 saturated heterocycles. The number of rotatable bonds is 4. The SMILES string of the molecule is Nn1c(SCc2cc(=O)oc3ccc4ccccc4c23)nnc1-c1ccccc1F. The van der Waals surface area contributed by atoms with E-state index in [0.717, 1.165) is 21.7 Å². The number of fused-ring (bicyclic) bond motifs is 3. The Morgan fingerprint density at radius 3 is 2.70 bits per heavy atom. The highest BCUT2D eigenvalue weighted by Gasteiger charge is 2.16. The topological polar surface area (TPSA) is 86.9 Å². The number of aromatic nitrogens is 3. The maximum atomic E-state index is 14.1. The molecule has 0 unspecified atom stereocenters. The van der Waals surface area contributed by atoms with Crippen molar-refractivity contribution < 1.29 is 8.81 Å². The molecule has 0 amide bonds. The van der Waals surface area contributed by atoms with Gasteiger partial charge in [-0.3, -0.25) is 0 Å². The average Bonchev–Trinajstić information content (AvgIpc) is 3.12. The lowest BCUT2D eigenvalue weighted by atomic mass is 10.0. The number of thioether (sulfide) groups is 1. The van der Waals surface area contributed by atoms with Gasteiger partial charge in [-0.05, 0) is 34.5 Å². The summed E-state index contributed by atoms with van der Waals surface area (Å²) in [5.74, 6) is 6.35. The molecule has 2 N–H and O–H groups in total. The van der Waals surface area contributed by atoms with Gasteiger partial charge in [0.1, 0.15) is 11.4 Å². The van der Waals surface area contributed by atoms with Crippen molar-refractivity contribution in [2.45, 2.75) is 10.9 Å².